The van der Waals surface area contributed by atoms with Gasteiger partial charge in [0.1, 0.15) is 17.4 Å². The number of hydrogen-bond acceptors (Lipinski definition) is 5. The number of nitrogens with zero attached hydrogens (tertiary/aromatic N) is 2. The van der Waals surface area contributed by atoms with E-state index in [-0.39, 0.29) is 36.5 Å². The average Bonchev–Trinajstić information content (AvgIpc) is 3.01. The molecule has 1 aromatic carbocycles. The number of ether oxygens (including phenoxy) is 1. The molecule has 1 fully saturated rings. The number of hydrogen-bond donors (Lipinski definition) is 2. The summed E-state index contributed by atoms with van der Waals surface area (Å²) in [6.07, 6.45) is 1.46. The van der Waals surface area contributed by atoms with E-state index in [1.807, 2.05) is 32.9 Å². The minimum atomic E-state index is -0.704. The molecule has 3 atom stereocenters. The zero-order chi connectivity index (χ0) is 23.0. The van der Waals surface area contributed by atoms with Crippen LogP contribution in [-0.4, -0.2) is 50.9 Å². The Bertz CT molecular complexity index is 1040. The molecule has 32 heavy (non-hydrogen) atoms. The van der Waals surface area contributed by atoms with Crippen molar-refractivity contribution in [2.24, 2.45) is 0 Å². The summed E-state index contributed by atoms with van der Waals surface area (Å²) in [5, 5.41) is 10.1. The second-order valence-electron chi connectivity index (χ2n) is 8.97. The molecule has 2 N–H and O–H groups in total. The van der Waals surface area contributed by atoms with Crippen LogP contribution in [0.15, 0.2) is 24.3 Å². The molecule has 0 aliphatic carbocycles. The van der Waals surface area contributed by atoms with Crippen LogP contribution in [0.5, 0.6) is 5.75 Å². The maximum atomic E-state index is 13.0. The summed E-state index contributed by atoms with van der Waals surface area (Å²) in [6, 6.07) is 6.39. The summed E-state index contributed by atoms with van der Waals surface area (Å²) in [4.78, 5) is 40.2. The van der Waals surface area contributed by atoms with E-state index >= 15 is 0 Å². The largest absolute Gasteiger partial charge is 0.486 e. The number of Topliss-reactive ketones (excluding diaryl/α,β-unsaturated/α-hetero) is 1. The van der Waals surface area contributed by atoms with Gasteiger partial charge in [-0.25, -0.2) is 0 Å². The van der Waals surface area contributed by atoms with Gasteiger partial charge in [-0.3, -0.25) is 19.5 Å². The zero-order valence-corrected chi connectivity index (χ0v) is 19.0. The van der Waals surface area contributed by atoms with Gasteiger partial charge in [-0.1, -0.05) is 12.1 Å². The standard InChI is InChI=1S/C24H30N4O4/c1-14(22-15(2)26-27-16(22)3)25-23(31)17(4)28-12-11-24(10-9-21(28)30)13-19(29)18-7-5-6-8-20(18)32-24/h5-8,14,17H,9-13H2,1-4H3,(H,25,31)(H,26,27)/t14-,17+,24+/m1/s1. The van der Waals surface area contributed by atoms with Gasteiger partial charge in [0.05, 0.1) is 23.7 Å². The molecule has 2 amide bonds. The molecule has 170 valence electrons. The van der Waals surface area contributed by atoms with Gasteiger partial charge in [-0.15, -0.1) is 0 Å². The smallest absolute Gasteiger partial charge is 0.242 e. The Morgan fingerprint density at radius 1 is 1.22 bits per heavy atom. The maximum Gasteiger partial charge on any atom is 0.242 e. The van der Waals surface area contributed by atoms with Gasteiger partial charge < -0.3 is 15.0 Å². The van der Waals surface area contributed by atoms with Crippen molar-refractivity contribution in [3.05, 3.63) is 46.8 Å². The minimum absolute atomic E-state index is 0.0400. The highest BCUT2D eigenvalue weighted by Crippen LogP contribution is 2.39. The molecule has 8 heteroatoms. The first-order valence-corrected chi connectivity index (χ1v) is 11.1. The monoisotopic (exact) mass is 438 g/mol. The molecular formula is C24H30N4O4. The van der Waals surface area contributed by atoms with Crippen LogP contribution in [0.1, 0.15) is 72.9 Å². The quantitative estimate of drug-likeness (QED) is 0.764. The van der Waals surface area contributed by atoms with Crippen molar-refractivity contribution in [2.45, 2.75) is 71.1 Å². The van der Waals surface area contributed by atoms with Crippen LogP contribution in [0.3, 0.4) is 0 Å². The van der Waals surface area contributed by atoms with Crippen molar-refractivity contribution >= 4 is 17.6 Å². The predicted molar refractivity (Wildman–Crippen MR) is 118 cm³/mol. The number of aryl methyl sites for hydroxylation is 2. The second-order valence-corrected chi connectivity index (χ2v) is 8.97. The lowest BCUT2D eigenvalue weighted by atomic mass is 9.84. The molecule has 1 spiro atoms. The molecule has 1 aromatic heterocycles. The molecule has 4 rings (SSSR count). The van der Waals surface area contributed by atoms with Crippen LogP contribution in [-0.2, 0) is 9.59 Å². The number of likely N-dealkylation sites (tertiary alicyclic amines) is 1. The van der Waals surface area contributed by atoms with E-state index in [0.29, 0.717) is 30.7 Å². The van der Waals surface area contributed by atoms with Crippen molar-refractivity contribution in [3.8, 4) is 5.75 Å². The van der Waals surface area contributed by atoms with Crippen LogP contribution in [0, 0.1) is 13.8 Å². The fourth-order valence-corrected chi connectivity index (χ4v) is 4.93. The van der Waals surface area contributed by atoms with E-state index in [4.69, 9.17) is 4.74 Å². The van der Waals surface area contributed by atoms with Gasteiger partial charge in [0.25, 0.3) is 0 Å². The summed E-state index contributed by atoms with van der Waals surface area (Å²) >= 11 is 0. The third-order valence-electron chi connectivity index (χ3n) is 6.74. The lowest BCUT2D eigenvalue weighted by molar-refractivity contribution is -0.139. The molecule has 2 aliphatic rings. The Labute approximate surface area is 187 Å². The Kier molecular flexibility index (Phi) is 5.79. The van der Waals surface area contributed by atoms with E-state index in [0.717, 1.165) is 17.0 Å². The summed E-state index contributed by atoms with van der Waals surface area (Å²) < 4.78 is 6.28. The number of fused-ring (bicyclic) bond motifs is 1. The first-order chi connectivity index (χ1) is 15.2. The molecule has 2 aliphatic heterocycles. The van der Waals surface area contributed by atoms with Crippen LogP contribution >= 0.6 is 0 Å². The molecular weight excluding hydrogens is 408 g/mol. The number of carbonyl (C=O) groups excluding carboxylic acids is 3. The number of H-pyrrole nitrogens is 1. The Morgan fingerprint density at radius 2 is 1.97 bits per heavy atom. The number of aromatic nitrogens is 2. The van der Waals surface area contributed by atoms with Crippen LogP contribution in [0.25, 0.3) is 0 Å². The van der Waals surface area contributed by atoms with Crippen LogP contribution < -0.4 is 10.1 Å². The Hall–Kier alpha value is -3.16. The molecule has 0 bridgehead atoms. The number of ketones is 1. The van der Waals surface area contributed by atoms with Crippen molar-refractivity contribution in [3.63, 3.8) is 0 Å². The van der Waals surface area contributed by atoms with Gasteiger partial charge in [0, 0.05) is 30.6 Å². The summed E-state index contributed by atoms with van der Waals surface area (Å²) in [7, 11) is 0. The summed E-state index contributed by atoms with van der Waals surface area (Å²) in [5.74, 6) is 0.309. The highest BCUT2D eigenvalue weighted by molar-refractivity contribution is 6.00. The average molecular weight is 439 g/mol. The van der Waals surface area contributed by atoms with Gasteiger partial charge in [-0.2, -0.15) is 5.10 Å². The number of para-hydroxylation sites is 1. The molecule has 1 saturated heterocycles. The van der Waals surface area contributed by atoms with E-state index in [9.17, 15) is 14.4 Å². The van der Waals surface area contributed by atoms with Crippen molar-refractivity contribution in [1.82, 2.24) is 20.4 Å². The van der Waals surface area contributed by atoms with E-state index in [1.54, 1.807) is 24.0 Å². The first kappa shape index (κ1) is 22.0. The number of aromatic amines is 1. The molecule has 0 unspecified atom stereocenters. The van der Waals surface area contributed by atoms with E-state index in [2.05, 4.69) is 15.5 Å². The molecule has 0 radical (unpaired) electrons. The topological polar surface area (TPSA) is 104 Å². The summed E-state index contributed by atoms with van der Waals surface area (Å²) in [5.41, 5.74) is 2.60. The van der Waals surface area contributed by atoms with Gasteiger partial charge in [0.15, 0.2) is 5.78 Å². The summed E-state index contributed by atoms with van der Waals surface area (Å²) in [6.45, 7) is 7.83. The zero-order valence-electron chi connectivity index (χ0n) is 19.0. The predicted octanol–water partition coefficient (Wildman–Crippen LogP) is 3.01. The van der Waals surface area contributed by atoms with E-state index in [1.165, 1.54) is 0 Å². The van der Waals surface area contributed by atoms with Crippen LogP contribution in [0.2, 0.25) is 0 Å². The van der Waals surface area contributed by atoms with Crippen molar-refractivity contribution in [2.75, 3.05) is 6.54 Å². The Morgan fingerprint density at radius 3 is 2.69 bits per heavy atom. The van der Waals surface area contributed by atoms with Gasteiger partial charge in [0.2, 0.25) is 11.8 Å². The van der Waals surface area contributed by atoms with Crippen molar-refractivity contribution < 1.29 is 19.1 Å². The fraction of sp³-hybridized carbons (Fsp3) is 0.500. The third-order valence-corrected chi connectivity index (χ3v) is 6.74. The highest BCUT2D eigenvalue weighted by Gasteiger charge is 2.44. The van der Waals surface area contributed by atoms with Crippen LogP contribution in [0.4, 0.5) is 0 Å². The van der Waals surface area contributed by atoms with Gasteiger partial charge in [-0.05, 0) is 46.2 Å². The maximum absolute atomic E-state index is 13.0. The number of rotatable bonds is 4. The molecule has 0 saturated carbocycles. The molecule has 3 heterocycles. The fourth-order valence-electron chi connectivity index (χ4n) is 4.93. The second kappa shape index (κ2) is 8.41. The number of carbonyl (C=O) groups is 3. The molecule has 2 aromatic rings. The van der Waals surface area contributed by atoms with E-state index < -0.39 is 11.6 Å². The third kappa shape index (κ3) is 4.01. The number of amides is 2. The lowest BCUT2D eigenvalue weighted by Gasteiger charge is -2.37. The minimum Gasteiger partial charge on any atom is -0.486 e. The SMILES string of the molecule is Cc1n[nH]c(C)c1[C@@H](C)NC(=O)[C@H](C)N1CC[C@@]2(CCC1=O)CC(=O)c1ccccc1O2. The van der Waals surface area contributed by atoms with Crippen molar-refractivity contribution in [1.29, 1.82) is 0 Å². The number of nitrogens with one attached hydrogen (secondary N) is 2. The lowest BCUT2D eigenvalue weighted by Crippen LogP contribution is -2.49. The Balaban J connectivity index is 1.45. The highest BCUT2D eigenvalue weighted by atomic mass is 16.5. The first-order valence-electron chi connectivity index (χ1n) is 11.1. The molecule has 8 nitrogen and oxygen atoms in total. The normalized spacial score (nSPS) is 22.7. The number of benzene rings is 1. The van der Waals surface area contributed by atoms with Gasteiger partial charge >= 0.3 is 0 Å².